The summed E-state index contributed by atoms with van der Waals surface area (Å²) in [6.45, 7) is 2.44. The second kappa shape index (κ2) is 9.19. The molecule has 37 heavy (non-hydrogen) atoms. The van der Waals surface area contributed by atoms with E-state index in [-0.39, 0.29) is 42.8 Å². The Morgan fingerprint density at radius 3 is 2.54 bits per heavy atom. The van der Waals surface area contributed by atoms with Gasteiger partial charge in [-0.15, -0.1) is 0 Å². The second-order valence-corrected chi connectivity index (χ2v) is 11.0. The number of carbonyl (C=O) groups excluding carboxylic acids is 1. The molecule has 0 fully saturated rings. The van der Waals surface area contributed by atoms with E-state index in [2.05, 4.69) is 0 Å². The van der Waals surface area contributed by atoms with Crippen molar-refractivity contribution in [2.24, 2.45) is 7.05 Å². The molecule has 0 saturated carbocycles. The Morgan fingerprint density at radius 2 is 1.81 bits per heavy atom. The maximum absolute atomic E-state index is 15.1. The Kier molecular flexibility index (Phi) is 6.15. The third-order valence-electron chi connectivity index (χ3n) is 6.59. The van der Waals surface area contributed by atoms with E-state index < -0.39 is 26.5 Å². The van der Waals surface area contributed by atoms with Crippen LogP contribution in [-0.2, 0) is 29.9 Å². The van der Waals surface area contributed by atoms with Crippen LogP contribution in [0.2, 0.25) is 0 Å². The molecule has 0 atom stereocenters. The van der Waals surface area contributed by atoms with Crippen molar-refractivity contribution in [1.82, 2.24) is 9.64 Å². The molecule has 10 heteroatoms. The molecule has 0 radical (unpaired) electrons. The van der Waals surface area contributed by atoms with Gasteiger partial charge in [-0.05, 0) is 53.9 Å². The average molecular weight is 525 g/mol. The molecular formula is C27H25FN2O6S. The minimum Gasteiger partial charge on any atom is -0.491 e. The maximum Gasteiger partial charge on any atom is 0.290 e. The molecule has 0 saturated heterocycles. The van der Waals surface area contributed by atoms with Crippen molar-refractivity contribution in [2.45, 2.75) is 24.8 Å². The molecule has 0 aliphatic carbocycles. The summed E-state index contributed by atoms with van der Waals surface area (Å²) in [7, 11) is -2.22. The van der Waals surface area contributed by atoms with E-state index in [1.165, 1.54) is 10.8 Å². The SMILES string of the molecule is CCc1c(C(=O)N2CCOc3ccc(-c4ccc5c(=O)n(C)oc5c4)cc3C2)ccc(S(C)(=O)=O)c1F. The van der Waals surface area contributed by atoms with Crippen molar-refractivity contribution in [1.29, 1.82) is 0 Å². The van der Waals surface area contributed by atoms with Crippen molar-refractivity contribution in [3.8, 4) is 16.9 Å². The Hall–Kier alpha value is -3.92. The molecule has 0 unspecified atom stereocenters. The first kappa shape index (κ1) is 24.8. The number of benzene rings is 3. The third-order valence-corrected chi connectivity index (χ3v) is 7.70. The Bertz CT molecular complexity index is 1720. The lowest BCUT2D eigenvalue weighted by molar-refractivity contribution is 0.0731. The van der Waals surface area contributed by atoms with Gasteiger partial charge in [0.25, 0.3) is 11.5 Å². The van der Waals surface area contributed by atoms with Crippen LogP contribution >= 0.6 is 0 Å². The molecule has 192 valence electrons. The summed E-state index contributed by atoms with van der Waals surface area (Å²) in [6, 6.07) is 13.5. The number of aryl methyl sites for hydroxylation is 1. The van der Waals surface area contributed by atoms with Gasteiger partial charge in [0.1, 0.15) is 23.1 Å². The summed E-state index contributed by atoms with van der Waals surface area (Å²) in [5.74, 6) is -0.640. The second-order valence-electron chi connectivity index (χ2n) is 9.03. The van der Waals surface area contributed by atoms with Crippen LogP contribution in [0.5, 0.6) is 5.75 Å². The van der Waals surface area contributed by atoms with E-state index in [0.717, 1.165) is 29.0 Å². The van der Waals surface area contributed by atoms with Crippen molar-refractivity contribution < 1.29 is 26.9 Å². The number of hydrogen-bond donors (Lipinski definition) is 0. The fourth-order valence-electron chi connectivity index (χ4n) is 4.66. The van der Waals surface area contributed by atoms with Gasteiger partial charge in [0.2, 0.25) is 0 Å². The molecule has 1 amide bonds. The molecule has 0 N–H and O–H groups in total. The maximum atomic E-state index is 15.1. The fraction of sp³-hybridized carbons (Fsp3) is 0.259. The van der Waals surface area contributed by atoms with E-state index in [0.29, 0.717) is 16.7 Å². The predicted molar refractivity (Wildman–Crippen MR) is 136 cm³/mol. The lowest BCUT2D eigenvalue weighted by atomic mass is 10.0. The van der Waals surface area contributed by atoms with Crippen molar-refractivity contribution >= 4 is 26.7 Å². The van der Waals surface area contributed by atoms with Gasteiger partial charge in [-0.25, -0.2) is 12.8 Å². The van der Waals surface area contributed by atoms with Crippen molar-refractivity contribution in [3.63, 3.8) is 0 Å². The topological polar surface area (TPSA) is 98.8 Å². The molecule has 2 heterocycles. The Morgan fingerprint density at radius 1 is 1.08 bits per heavy atom. The van der Waals surface area contributed by atoms with E-state index in [4.69, 9.17) is 9.26 Å². The minimum atomic E-state index is -3.77. The number of ether oxygens (including phenoxy) is 1. The highest BCUT2D eigenvalue weighted by Crippen LogP contribution is 2.32. The van der Waals surface area contributed by atoms with Crippen LogP contribution in [0.3, 0.4) is 0 Å². The quantitative estimate of drug-likeness (QED) is 0.401. The summed E-state index contributed by atoms with van der Waals surface area (Å²) >= 11 is 0. The summed E-state index contributed by atoms with van der Waals surface area (Å²) < 4.78 is 51.5. The normalized spacial score (nSPS) is 13.8. The zero-order valence-corrected chi connectivity index (χ0v) is 21.4. The lowest BCUT2D eigenvalue weighted by Crippen LogP contribution is -2.33. The third kappa shape index (κ3) is 4.42. The van der Waals surface area contributed by atoms with Crippen LogP contribution in [0.4, 0.5) is 4.39 Å². The fourth-order valence-corrected chi connectivity index (χ4v) is 5.43. The van der Waals surface area contributed by atoms with Crippen LogP contribution in [0.1, 0.15) is 28.4 Å². The molecule has 5 rings (SSSR count). The first-order chi connectivity index (χ1) is 17.6. The molecule has 0 bridgehead atoms. The Balaban J connectivity index is 1.49. The van der Waals surface area contributed by atoms with Gasteiger partial charge in [-0.2, -0.15) is 4.74 Å². The Labute approximate surface area is 212 Å². The molecule has 8 nitrogen and oxygen atoms in total. The number of hydrogen-bond acceptors (Lipinski definition) is 6. The van der Waals surface area contributed by atoms with Crippen LogP contribution in [-0.4, -0.2) is 43.4 Å². The number of nitrogens with zero attached hydrogens (tertiary/aromatic N) is 2. The van der Waals surface area contributed by atoms with Gasteiger partial charge in [0, 0.05) is 36.5 Å². The lowest BCUT2D eigenvalue weighted by Gasteiger charge is -2.22. The van der Waals surface area contributed by atoms with E-state index in [1.54, 1.807) is 31.0 Å². The number of halogens is 1. The molecule has 4 aromatic rings. The zero-order chi connectivity index (χ0) is 26.5. The van der Waals surface area contributed by atoms with Crippen LogP contribution in [0, 0.1) is 5.82 Å². The highest BCUT2D eigenvalue weighted by molar-refractivity contribution is 7.90. The smallest absolute Gasteiger partial charge is 0.290 e. The van der Waals surface area contributed by atoms with Gasteiger partial charge in [-0.3, -0.25) is 9.59 Å². The molecule has 0 spiro atoms. The first-order valence-corrected chi connectivity index (χ1v) is 13.6. The number of aromatic nitrogens is 1. The van der Waals surface area contributed by atoms with Crippen molar-refractivity contribution in [3.05, 3.63) is 81.4 Å². The molecule has 3 aromatic carbocycles. The minimum absolute atomic E-state index is 0.0738. The zero-order valence-electron chi connectivity index (χ0n) is 20.6. The van der Waals surface area contributed by atoms with Crippen LogP contribution in [0.25, 0.3) is 22.1 Å². The predicted octanol–water partition coefficient (Wildman–Crippen LogP) is 3.94. The van der Waals surface area contributed by atoms with Gasteiger partial charge < -0.3 is 14.2 Å². The average Bonchev–Trinajstić information content (AvgIpc) is 3.02. The number of rotatable bonds is 4. The first-order valence-electron chi connectivity index (χ1n) is 11.8. The monoisotopic (exact) mass is 524 g/mol. The molecular weight excluding hydrogens is 499 g/mol. The van der Waals surface area contributed by atoms with Crippen molar-refractivity contribution in [2.75, 3.05) is 19.4 Å². The van der Waals surface area contributed by atoms with Crippen LogP contribution < -0.4 is 10.3 Å². The largest absolute Gasteiger partial charge is 0.491 e. The van der Waals surface area contributed by atoms with E-state index in [9.17, 15) is 18.0 Å². The summed E-state index contributed by atoms with van der Waals surface area (Å²) in [5, 5.41) is 0.488. The van der Waals surface area contributed by atoms with Gasteiger partial charge >= 0.3 is 0 Å². The van der Waals surface area contributed by atoms with Gasteiger partial charge in [0.15, 0.2) is 15.4 Å². The highest BCUT2D eigenvalue weighted by Gasteiger charge is 2.27. The molecule has 1 aliphatic rings. The van der Waals surface area contributed by atoms with E-state index in [1.807, 2.05) is 24.3 Å². The standard InChI is InChI=1S/C27H25FN2O6S/c1-4-19-20(8-10-24(25(19)28)37(3,33)34)27(32)30-11-12-35-22-9-6-16(13-18(22)15-30)17-5-7-21-23(14-17)36-29(2)26(21)31/h5-10,13-14H,4,11-12,15H2,1-3H3. The highest BCUT2D eigenvalue weighted by atomic mass is 32.2. The van der Waals surface area contributed by atoms with Crippen LogP contribution in [0.15, 0.2) is 62.7 Å². The summed E-state index contributed by atoms with van der Waals surface area (Å²) in [4.78, 5) is 26.8. The van der Waals surface area contributed by atoms with Gasteiger partial charge in [0.05, 0.1) is 11.9 Å². The summed E-state index contributed by atoms with van der Waals surface area (Å²) in [5.41, 5.74) is 2.92. The molecule has 1 aromatic heterocycles. The number of carbonyl (C=O) groups is 1. The summed E-state index contributed by atoms with van der Waals surface area (Å²) in [6.07, 6.45) is 1.11. The molecule has 1 aliphatic heterocycles. The number of fused-ring (bicyclic) bond motifs is 2. The number of amides is 1. The van der Waals surface area contributed by atoms with E-state index >= 15 is 4.39 Å². The number of sulfone groups is 1. The van der Waals surface area contributed by atoms with Gasteiger partial charge in [-0.1, -0.05) is 19.1 Å².